The third-order valence-electron chi connectivity index (χ3n) is 4.93. The molecule has 0 aliphatic carbocycles. The van der Waals surface area contributed by atoms with Gasteiger partial charge in [0.1, 0.15) is 27.7 Å². The SMILES string of the molecule is COc1cc2nc(C)nc(NCc3cccc(C(F)(F)C(C)(C)O)c3F)c2cc1OCI. The van der Waals surface area contributed by atoms with Crippen LogP contribution in [0, 0.1) is 12.7 Å². The lowest BCUT2D eigenvalue weighted by Crippen LogP contribution is -2.41. The van der Waals surface area contributed by atoms with Gasteiger partial charge in [-0.3, -0.25) is 0 Å². The fourth-order valence-electron chi connectivity index (χ4n) is 3.19. The van der Waals surface area contributed by atoms with Gasteiger partial charge in [0.15, 0.2) is 11.5 Å². The topological polar surface area (TPSA) is 76.5 Å². The Morgan fingerprint density at radius 1 is 1.16 bits per heavy atom. The molecule has 0 aliphatic rings. The van der Waals surface area contributed by atoms with Gasteiger partial charge in [-0.2, -0.15) is 8.78 Å². The van der Waals surface area contributed by atoms with Crippen LogP contribution in [0.4, 0.5) is 19.0 Å². The Bertz CT molecular complexity index is 1140. The lowest BCUT2D eigenvalue weighted by molar-refractivity contribution is -0.170. The highest BCUT2D eigenvalue weighted by molar-refractivity contribution is 14.1. The fraction of sp³-hybridized carbons (Fsp3) is 0.364. The second kappa shape index (κ2) is 9.26. The number of alkyl halides is 3. The number of aliphatic hydroxyl groups is 1. The zero-order valence-electron chi connectivity index (χ0n) is 18.0. The summed E-state index contributed by atoms with van der Waals surface area (Å²) in [5.74, 6) is -3.00. The third kappa shape index (κ3) is 4.70. The Kier molecular flexibility index (Phi) is 7.03. The van der Waals surface area contributed by atoms with Gasteiger partial charge in [0.05, 0.1) is 18.2 Å². The van der Waals surface area contributed by atoms with Crippen LogP contribution in [0.2, 0.25) is 0 Å². The Balaban J connectivity index is 1.99. The smallest absolute Gasteiger partial charge is 0.303 e. The van der Waals surface area contributed by atoms with E-state index in [1.807, 2.05) is 0 Å². The molecule has 0 unspecified atom stereocenters. The molecule has 1 aromatic heterocycles. The number of anilines is 1. The van der Waals surface area contributed by atoms with E-state index in [1.54, 1.807) is 19.1 Å². The van der Waals surface area contributed by atoms with E-state index in [0.29, 0.717) is 38.7 Å². The van der Waals surface area contributed by atoms with Crippen molar-refractivity contribution < 1.29 is 27.8 Å². The number of halogens is 4. The maximum atomic E-state index is 15.0. The largest absolute Gasteiger partial charge is 0.493 e. The first-order chi connectivity index (χ1) is 15.0. The Labute approximate surface area is 197 Å². The molecule has 32 heavy (non-hydrogen) atoms. The zero-order chi connectivity index (χ0) is 23.7. The van der Waals surface area contributed by atoms with Crippen molar-refractivity contribution in [1.82, 2.24) is 9.97 Å². The highest BCUT2D eigenvalue weighted by Crippen LogP contribution is 2.40. The number of nitrogens with one attached hydrogen (secondary N) is 1. The van der Waals surface area contributed by atoms with E-state index in [-0.39, 0.29) is 12.1 Å². The van der Waals surface area contributed by atoms with Gasteiger partial charge < -0.3 is 19.9 Å². The first-order valence-electron chi connectivity index (χ1n) is 9.66. The highest BCUT2D eigenvalue weighted by Gasteiger charge is 2.48. The highest BCUT2D eigenvalue weighted by atomic mass is 127. The number of fused-ring (bicyclic) bond motifs is 1. The number of aryl methyl sites for hydroxylation is 1. The molecule has 2 aromatic carbocycles. The molecule has 6 nitrogen and oxygen atoms in total. The Morgan fingerprint density at radius 3 is 2.50 bits per heavy atom. The molecular formula is C22H23F3IN3O3. The first-order valence-corrected chi connectivity index (χ1v) is 11.2. The number of hydrogen-bond acceptors (Lipinski definition) is 6. The van der Waals surface area contributed by atoms with Crippen molar-refractivity contribution >= 4 is 39.3 Å². The number of benzene rings is 2. The van der Waals surface area contributed by atoms with Gasteiger partial charge in [-0.1, -0.05) is 12.1 Å². The van der Waals surface area contributed by atoms with E-state index in [9.17, 15) is 18.3 Å². The molecule has 1 heterocycles. The van der Waals surface area contributed by atoms with Gasteiger partial charge >= 0.3 is 5.92 Å². The van der Waals surface area contributed by atoms with Crippen molar-refractivity contribution in [3.63, 3.8) is 0 Å². The van der Waals surface area contributed by atoms with Crippen LogP contribution in [0.15, 0.2) is 30.3 Å². The Hall–Kier alpha value is -2.34. The summed E-state index contributed by atoms with van der Waals surface area (Å²) < 4.78 is 55.4. The van der Waals surface area contributed by atoms with Crippen LogP contribution in [-0.2, 0) is 12.5 Å². The summed E-state index contributed by atoms with van der Waals surface area (Å²) >= 11 is 2.06. The van der Waals surface area contributed by atoms with Crippen LogP contribution in [0.1, 0.15) is 30.8 Å². The molecular weight excluding hydrogens is 538 g/mol. The van der Waals surface area contributed by atoms with Crippen LogP contribution < -0.4 is 14.8 Å². The molecule has 172 valence electrons. The van der Waals surface area contributed by atoms with Crippen LogP contribution >= 0.6 is 22.6 Å². The van der Waals surface area contributed by atoms with Crippen molar-refractivity contribution in [1.29, 1.82) is 0 Å². The van der Waals surface area contributed by atoms with E-state index in [2.05, 4.69) is 37.9 Å². The number of nitrogens with zero attached hydrogens (tertiary/aromatic N) is 2. The summed E-state index contributed by atoms with van der Waals surface area (Å²) in [6.45, 7) is 3.48. The maximum absolute atomic E-state index is 15.0. The molecule has 0 spiro atoms. The molecule has 0 atom stereocenters. The van der Waals surface area contributed by atoms with Gasteiger partial charge in [-0.25, -0.2) is 14.4 Å². The van der Waals surface area contributed by atoms with Crippen LogP contribution in [0.5, 0.6) is 11.5 Å². The van der Waals surface area contributed by atoms with Gasteiger partial charge in [0, 0.05) is 23.6 Å². The molecule has 0 aliphatic heterocycles. The second-order valence-corrected chi connectivity index (χ2v) is 8.28. The minimum absolute atomic E-state index is 0.00749. The molecule has 0 radical (unpaired) electrons. The maximum Gasteiger partial charge on any atom is 0.303 e. The Morgan fingerprint density at radius 2 is 1.88 bits per heavy atom. The van der Waals surface area contributed by atoms with Crippen molar-refractivity contribution in [2.24, 2.45) is 0 Å². The number of hydrogen-bond donors (Lipinski definition) is 2. The minimum Gasteiger partial charge on any atom is -0.493 e. The average Bonchev–Trinajstić information content (AvgIpc) is 2.71. The van der Waals surface area contributed by atoms with Gasteiger partial charge in [0.2, 0.25) is 0 Å². The van der Waals surface area contributed by atoms with Crippen LogP contribution in [0.25, 0.3) is 10.9 Å². The monoisotopic (exact) mass is 561 g/mol. The number of methoxy groups -OCH3 is 1. The molecule has 0 saturated carbocycles. The van der Waals surface area contributed by atoms with Gasteiger partial charge in [0.25, 0.3) is 0 Å². The van der Waals surface area contributed by atoms with Crippen molar-refractivity contribution in [3.05, 3.63) is 53.1 Å². The number of aromatic nitrogens is 2. The van der Waals surface area contributed by atoms with E-state index < -0.39 is 22.9 Å². The van der Waals surface area contributed by atoms with Crippen LogP contribution in [0.3, 0.4) is 0 Å². The van der Waals surface area contributed by atoms with Crippen LogP contribution in [-0.4, -0.2) is 32.4 Å². The van der Waals surface area contributed by atoms with E-state index in [0.717, 1.165) is 19.9 Å². The molecule has 10 heteroatoms. The molecule has 2 N–H and O–H groups in total. The molecule has 0 fully saturated rings. The summed E-state index contributed by atoms with van der Waals surface area (Å²) in [7, 11) is 1.52. The predicted molar refractivity (Wildman–Crippen MR) is 124 cm³/mol. The van der Waals surface area contributed by atoms with Crippen molar-refractivity contribution in [3.8, 4) is 11.5 Å². The summed E-state index contributed by atoms with van der Waals surface area (Å²) in [5.41, 5.74) is -2.70. The standard InChI is InChI=1S/C22H23F3IN3O3/c1-12-28-16-9-17(31-4)18(32-11-26)8-14(16)20(29-12)27-10-13-6-5-7-15(19(13)23)22(24,25)21(2,3)30/h5-9,30H,10-11H2,1-4H3,(H,27,28,29). The first kappa shape index (κ1) is 24.3. The van der Waals surface area contributed by atoms with E-state index in [1.165, 1.54) is 19.2 Å². The minimum atomic E-state index is -3.77. The lowest BCUT2D eigenvalue weighted by atomic mass is 9.92. The van der Waals surface area contributed by atoms with E-state index >= 15 is 0 Å². The molecule has 0 amide bonds. The summed E-state index contributed by atoms with van der Waals surface area (Å²) in [4.78, 5) is 8.78. The third-order valence-corrected chi connectivity index (χ3v) is 5.25. The second-order valence-electron chi connectivity index (χ2n) is 7.66. The molecule has 0 bridgehead atoms. The molecule has 3 rings (SSSR count). The summed E-state index contributed by atoms with van der Waals surface area (Å²) in [6, 6.07) is 7.12. The number of rotatable bonds is 8. The quantitative estimate of drug-likeness (QED) is 0.286. The van der Waals surface area contributed by atoms with E-state index in [4.69, 9.17) is 9.47 Å². The summed E-state index contributed by atoms with van der Waals surface area (Å²) in [6.07, 6.45) is 0. The van der Waals surface area contributed by atoms with Crippen molar-refractivity contribution in [2.45, 2.75) is 38.8 Å². The normalized spacial score (nSPS) is 12.2. The average molecular weight is 561 g/mol. The molecule has 3 aromatic rings. The number of ether oxygens (including phenoxy) is 2. The predicted octanol–water partition coefficient (Wildman–Crippen LogP) is 5.33. The summed E-state index contributed by atoms with van der Waals surface area (Å²) in [5, 5.41) is 13.4. The fourth-order valence-corrected chi connectivity index (χ4v) is 3.52. The molecule has 0 saturated heterocycles. The van der Waals surface area contributed by atoms with Crippen molar-refractivity contribution in [2.75, 3.05) is 17.0 Å². The lowest BCUT2D eigenvalue weighted by Gasteiger charge is -2.30. The van der Waals surface area contributed by atoms with Gasteiger partial charge in [-0.15, -0.1) is 0 Å². The zero-order valence-corrected chi connectivity index (χ0v) is 20.1. The van der Waals surface area contributed by atoms with Gasteiger partial charge in [-0.05, 0) is 55.5 Å².